The molecule has 2 atom stereocenters. The van der Waals surface area contributed by atoms with Crippen LogP contribution in [0.3, 0.4) is 0 Å². The van der Waals surface area contributed by atoms with Crippen LogP contribution in [0.25, 0.3) is 11.1 Å². The molecule has 3 aliphatic rings. The van der Waals surface area contributed by atoms with Crippen molar-refractivity contribution in [1.82, 2.24) is 9.80 Å². The van der Waals surface area contributed by atoms with Crippen LogP contribution in [0.4, 0.5) is 0 Å². The average molecular weight is 461 g/mol. The van der Waals surface area contributed by atoms with Gasteiger partial charge >= 0.3 is 0 Å². The van der Waals surface area contributed by atoms with E-state index in [4.69, 9.17) is 4.74 Å². The fourth-order valence-electron chi connectivity index (χ4n) is 5.35. The van der Waals surface area contributed by atoms with E-state index < -0.39 is 5.41 Å². The summed E-state index contributed by atoms with van der Waals surface area (Å²) in [5, 5.41) is 0. The lowest BCUT2D eigenvalue weighted by Crippen LogP contribution is -2.45. The van der Waals surface area contributed by atoms with Gasteiger partial charge in [0.2, 0.25) is 17.7 Å². The lowest BCUT2D eigenvalue weighted by molar-refractivity contribution is -0.143. The van der Waals surface area contributed by atoms with Crippen molar-refractivity contribution in [1.29, 1.82) is 0 Å². The minimum absolute atomic E-state index is 0.00487. The summed E-state index contributed by atoms with van der Waals surface area (Å²) in [5.41, 5.74) is 1.72. The van der Waals surface area contributed by atoms with Gasteiger partial charge in [-0.25, -0.2) is 0 Å². The van der Waals surface area contributed by atoms with Crippen LogP contribution in [0, 0.1) is 0 Å². The second-order valence-corrected chi connectivity index (χ2v) is 9.75. The molecule has 0 N–H and O–H groups in total. The smallest absolute Gasteiger partial charge is 0.241 e. The molecule has 5 rings (SSSR count). The van der Waals surface area contributed by atoms with Gasteiger partial charge in [0.1, 0.15) is 0 Å². The number of ether oxygens (including phenoxy) is 1. The first kappa shape index (κ1) is 22.8. The number of amides is 3. The molecular formula is C28H32N2O4. The normalized spacial score (nSPS) is 24.6. The highest BCUT2D eigenvalue weighted by Gasteiger charge is 2.57. The highest BCUT2D eigenvalue weighted by Crippen LogP contribution is 2.45. The van der Waals surface area contributed by atoms with E-state index in [-0.39, 0.29) is 42.7 Å². The molecule has 0 aromatic heterocycles. The summed E-state index contributed by atoms with van der Waals surface area (Å²) >= 11 is 0. The Balaban J connectivity index is 1.45. The lowest BCUT2D eigenvalue weighted by Gasteiger charge is -2.31. The van der Waals surface area contributed by atoms with Crippen LogP contribution in [0.2, 0.25) is 0 Å². The molecule has 2 saturated heterocycles. The topological polar surface area (TPSA) is 66.9 Å². The standard InChI is InChI=1S/C28H32N2O4/c1-2-29(19-24-9-6-16-34-24)25(31)17-28(18-26(32)30(27(28)33)23-14-15-23)22-12-10-21(11-13-22)20-7-4-3-5-8-20/h3-5,7-8,10-13,23-24H,2,6,9,14-19H2,1H3/t24-,28-/m1/s1. The van der Waals surface area contributed by atoms with E-state index in [1.807, 2.05) is 61.5 Å². The molecule has 0 unspecified atom stereocenters. The maximum atomic E-state index is 13.8. The van der Waals surface area contributed by atoms with Crippen LogP contribution < -0.4 is 0 Å². The Morgan fingerprint density at radius 3 is 2.35 bits per heavy atom. The predicted octanol–water partition coefficient (Wildman–Crippen LogP) is 3.93. The van der Waals surface area contributed by atoms with Crippen LogP contribution >= 0.6 is 0 Å². The SMILES string of the molecule is CCN(C[C@H]1CCCO1)C(=O)C[C@]1(c2ccc(-c3ccccc3)cc2)CC(=O)N(C2CC2)C1=O. The van der Waals surface area contributed by atoms with Crippen LogP contribution in [-0.4, -0.2) is 59.4 Å². The molecule has 3 fully saturated rings. The maximum Gasteiger partial charge on any atom is 0.241 e. The van der Waals surface area contributed by atoms with Gasteiger partial charge in [0.05, 0.1) is 11.5 Å². The Hall–Kier alpha value is -2.99. The Bertz CT molecular complexity index is 1060. The van der Waals surface area contributed by atoms with E-state index in [1.54, 1.807) is 4.90 Å². The summed E-state index contributed by atoms with van der Waals surface area (Å²) in [5.74, 6) is -0.465. The molecule has 0 radical (unpaired) electrons. The highest BCUT2D eigenvalue weighted by molar-refractivity contribution is 6.11. The van der Waals surface area contributed by atoms with Gasteiger partial charge in [-0.05, 0) is 49.3 Å². The Kier molecular flexibility index (Phi) is 6.26. The molecule has 1 saturated carbocycles. The largest absolute Gasteiger partial charge is 0.376 e. The van der Waals surface area contributed by atoms with Gasteiger partial charge in [-0.1, -0.05) is 54.6 Å². The zero-order valence-corrected chi connectivity index (χ0v) is 19.7. The number of benzene rings is 2. The number of imide groups is 1. The van der Waals surface area contributed by atoms with Crippen LogP contribution in [0.1, 0.15) is 51.0 Å². The third-order valence-electron chi connectivity index (χ3n) is 7.44. The fraction of sp³-hybridized carbons (Fsp3) is 0.464. The molecule has 0 spiro atoms. The van der Waals surface area contributed by atoms with Gasteiger partial charge in [0.25, 0.3) is 0 Å². The summed E-state index contributed by atoms with van der Waals surface area (Å²) in [4.78, 5) is 43.5. The number of hydrogen-bond acceptors (Lipinski definition) is 4. The number of hydrogen-bond donors (Lipinski definition) is 0. The average Bonchev–Trinajstić information content (AvgIpc) is 3.48. The van der Waals surface area contributed by atoms with E-state index in [9.17, 15) is 14.4 Å². The number of likely N-dealkylation sites (tertiary alicyclic amines) is 1. The fourth-order valence-corrected chi connectivity index (χ4v) is 5.35. The highest BCUT2D eigenvalue weighted by atomic mass is 16.5. The van der Waals surface area contributed by atoms with E-state index in [0.717, 1.165) is 49.0 Å². The van der Waals surface area contributed by atoms with Crippen molar-refractivity contribution in [2.45, 2.75) is 63.0 Å². The molecule has 0 bridgehead atoms. The number of carbonyl (C=O) groups excluding carboxylic acids is 3. The third-order valence-corrected chi connectivity index (χ3v) is 7.44. The van der Waals surface area contributed by atoms with Gasteiger partial charge < -0.3 is 9.64 Å². The molecule has 1 aliphatic carbocycles. The Morgan fingerprint density at radius 1 is 1.03 bits per heavy atom. The van der Waals surface area contributed by atoms with Crippen molar-refractivity contribution >= 4 is 17.7 Å². The zero-order valence-electron chi connectivity index (χ0n) is 19.7. The Morgan fingerprint density at radius 2 is 1.74 bits per heavy atom. The van der Waals surface area contributed by atoms with Crippen molar-refractivity contribution < 1.29 is 19.1 Å². The van der Waals surface area contributed by atoms with E-state index in [1.165, 1.54) is 4.90 Å². The van der Waals surface area contributed by atoms with Gasteiger partial charge in [0, 0.05) is 38.6 Å². The Labute approximate surface area is 200 Å². The van der Waals surface area contributed by atoms with Crippen molar-refractivity contribution in [3.05, 3.63) is 60.2 Å². The summed E-state index contributed by atoms with van der Waals surface area (Å²) in [6.07, 6.45) is 3.78. The monoisotopic (exact) mass is 460 g/mol. The second-order valence-electron chi connectivity index (χ2n) is 9.75. The first-order valence-corrected chi connectivity index (χ1v) is 12.4. The number of rotatable bonds is 8. The molecule has 3 amide bonds. The predicted molar refractivity (Wildman–Crippen MR) is 129 cm³/mol. The molecule has 2 aliphatic heterocycles. The number of carbonyl (C=O) groups is 3. The van der Waals surface area contributed by atoms with Gasteiger partial charge in [0.15, 0.2) is 0 Å². The molecular weight excluding hydrogens is 428 g/mol. The van der Waals surface area contributed by atoms with Gasteiger partial charge in [-0.2, -0.15) is 0 Å². The summed E-state index contributed by atoms with van der Waals surface area (Å²) in [7, 11) is 0. The molecule has 2 aromatic rings. The molecule has 2 heterocycles. The lowest BCUT2D eigenvalue weighted by atomic mass is 9.75. The first-order chi connectivity index (χ1) is 16.5. The van der Waals surface area contributed by atoms with E-state index in [0.29, 0.717) is 13.1 Å². The van der Waals surface area contributed by atoms with Gasteiger partial charge in [-0.15, -0.1) is 0 Å². The molecule has 6 nitrogen and oxygen atoms in total. The van der Waals surface area contributed by atoms with Crippen molar-refractivity contribution in [2.24, 2.45) is 0 Å². The summed E-state index contributed by atoms with van der Waals surface area (Å²) in [6, 6.07) is 17.8. The number of likely N-dealkylation sites (N-methyl/N-ethyl adjacent to an activating group) is 1. The van der Waals surface area contributed by atoms with E-state index in [2.05, 4.69) is 0 Å². The van der Waals surface area contributed by atoms with Crippen LogP contribution in [0.5, 0.6) is 0 Å². The third kappa shape index (κ3) is 4.27. The van der Waals surface area contributed by atoms with Crippen molar-refractivity contribution in [3.63, 3.8) is 0 Å². The van der Waals surface area contributed by atoms with Crippen LogP contribution in [0.15, 0.2) is 54.6 Å². The number of nitrogens with zero attached hydrogens (tertiary/aromatic N) is 2. The zero-order chi connectivity index (χ0) is 23.7. The first-order valence-electron chi connectivity index (χ1n) is 12.4. The van der Waals surface area contributed by atoms with Crippen molar-refractivity contribution in [3.8, 4) is 11.1 Å². The van der Waals surface area contributed by atoms with E-state index >= 15 is 0 Å². The van der Waals surface area contributed by atoms with Crippen molar-refractivity contribution in [2.75, 3.05) is 19.7 Å². The maximum absolute atomic E-state index is 13.8. The molecule has 178 valence electrons. The quantitative estimate of drug-likeness (QED) is 0.560. The summed E-state index contributed by atoms with van der Waals surface area (Å²) < 4.78 is 5.74. The summed E-state index contributed by atoms with van der Waals surface area (Å²) in [6.45, 7) is 3.77. The molecule has 34 heavy (non-hydrogen) atoms. The molecule has 2 aromatic carbocycles. The minimum Gasteiger partial charge on any atom is -0.376 e. The molecule has 6 heteroatoms. The second kappa shape index (κ2) is 9.34. The van der Waals surface area contributed by atoms with Gasteiger partial charge in [-0.3, -0.25) is 19.3 Å². The minimum atomic E-state index is -1.14. The van der Waals surface area contributed by atoms with Crippen LogP contribution in [-0.2, 0) is 24.5 Å².